The maximum atomic E-state index is 14.3. The third kappa shape index (κ3) is 3.17. The molecule has 0 aliphatic heterocycles. The molecule has 2 nitrogen and oxygen atoms in total. The molecule has 0 bridgehead atoms. The molecule has 3 heteroatoms. The van der Waals surface area contributed by atoms with Gasteiger partial charge in [-0.1, -0.05) is 31.2 Å². The first-order valence-electron chi connectivity index (χ1n) is 6.95. The van der Waals surface area contributed by atoms with Crippen molar-refractivity contribution in [1.82, 2.24) is 5.32 Å². The molecule has 0 aromatic heterocycles. The van der Waals surface area contributed by atoms with Crippen LogP contribution in [0.5, 0.6) is 0 Å². The summed E-state index contributed by atoms with van der Waals surface area (Å²) in [7, 11) is 1.88. The number of hydrogen-bond acceptors (Lipinski definition) is 2. The number of para-hydroxylation sites is 1. The topological polar surface area (TPSA) is 15.3 Å². The van der Waals surface area contributed by atoms with E-state index in [0.717, 1.165) is 17.8 Å². The molecule has 2 aromatic rings. The van der Waals surface area contributed by atoms with Gasteiger partial charge in [0.2, 0.25) is 0 Å². The van der Waals surface area contributed by atoms with Gasteiger partial charge >= 0.3 is 0 Å². The fourth-order valence-corrected chi connectivity index (χ4v) is 2.28. The van der Waals surface area contributed by atoms with E-state index in [2.05, 4.69) is 5.32 Å². The van der Waals surface area contributed by atoms with Crippen LogP contribution in [0.15, 0.2) is 48.5 Å². The second-order valence-electron chi connectivity index (χ2n) is 4.88. The summed E-state index contributed by atoms with van der Waals surface area (Å²) in [5.41, 5.74) is 2.53. The molecule has 0 aliphatic rings. The molecule has 0 radical (unpaired) electrons. The minimum Gasteiger partial charge on any atom is -0.342 e. The number of nitrogens with one attached hydrogen (secondary N) is 1. The Morgan fingerprint density at radius 3 is 2.45 bits per heavy atom. The van der Waals surface area contributed by atoms with Gasteiger partial charge < -0.3 is 10.2 Å². The zero-order valence-electron chi connectivity index (χ0n) is 12.2. The summed E-state index contributed by atoms with van der Waals surface area (Å²) in [6, 6.07) is 15.4. The Morgan fingerprint density at radius 1 is 1.15 bits per heavy atom. The van der Waals surface area contributed by atoms with Crippen LogP contribution in [-0.4, -0.2) is 13.6 Å². The first kappa shape index (κ1) is 14.5. The summed E-state index contributed by atoms with van der Waals surface area (Å²) < 4.78 is 14.3. The third-order valence-electron chi connectivity index (χ3n) is 3.49. The quantitative estimate of drug-likeness (QED) is 0.874. The lowest BCUT2D eigenvalue weighted by molar-refractivity contribution is 0.583. The van der Waals surface area contributed by atoms with Crippen molar-refractivity contribution in [2.24, 2.45) is 0 Å². The van der Waals surface area contributed by atoms with Crippen LogP contribution in [0.3, 0.4) is 0 Å². The maximum Gasteiger partial charge on any atom is 0.147 e. The van der Waals surface area contributed by atoms with Gasteiger partial charge in [-0.05, 0) is 43.3 Å². The molecule has 2 aromatic carbocycles. The Kier molecular flexibility index (Phi) is 4.74. The Hall–Kier alpha value is -1.87. The second-order valence-corrected chi connectivity index (χ2v) is 4.88. The van der Waals surface area contributed by atoms with Crippen LogP contribution < -0.4 is 10.2 Å². The summed E-state index contributed by atoms with van der Waals surface area (Å²) in [4.78, 5) is 1.86. The van der Waals surface area contributed by atoms with E-state index in [1.807, 2.05) is 68.3 Å². The minimum atomic E-state index is -0.196. The van der Waals surface area contributed by atoms with Gasteiger partial charge in [-0.2, -0.15) is 0 Å². The normalized spacial score (nSPS) is 12.2. The fourth-order valence-electron chi connectivity index (χ4n) is 2.28. The van der Waals surface area contributed by atoms with Crippen LogP contribution in [0.25, 0.3) is 0 Å². The van der Waals surface area contributed by atoms with Crippen LogP contribution in [0.1, 0.15) is 25.5 Å². The van der Waals surface area contributed by atoms with Gasteiger partial charge in [0.05, 0.1) is 5.69 Å². The number of nitrogens with zero attached hydrogens (tertiary/aromatic N) is 1. The van der Waals surface area contributed by atoms with Crippen LogP contribution in [0, 0.1) is 5.82 Å². The lowest BCUT2D eigenvalue weighted by atomic mass is 10.1. The summed E-state index contributed by atoms with van der Waals surface area (Å²) >= 11 is 0. The van der Waals surface area contributed by atoms with E-state index in [4.69, 9.17) is 0 Å². The molecule has 106 valence electrons. The summed E-state index contributed by atoms with van der Waals surface area (Å²) in [5.74, 6) is -0.196. The zero-order valence-corrected chi connectivity index (χ0v) is 12.2. The second kappa shape index (κ2) is 6.53. The molecule has 1 atom stereocenters. The van der Waals surface area contributed by atoms with Crippen LogP contribution in [-0.2, 0) is 0 Å². The van der Waals surface area contributed by atoms with E-state index >= 15 is 0 Å². The van der Waals surface area contributed by atoms with Gasteiger partial charge in [0.15, 0.2) is 0 Å². The van der Waals surface area contributed by atoms with Crippen LogP contribution >= 0.6 is 0 Å². The Bertz CT molecular complexity index is 554. The summed E-state index contributed by atoms with van der Waals surface area (Å²) in [6.07, 6.45) is 0. The lowest BCUT2D eigenvalue weighted by Crippen LogP contribution is -2.18. The molecule has 0 spiro atoms. The van der Waals surface area contributed by atoms with Gasteiger partial charge in [-0.25, -0.2) is 4.39 Å². The summed E-state index contributed by atoms with van der Waals surface area (Å²) in [5, 5.41) is 3.29. The molecular weight excluding hydrogens is 251 g/mol. The van der Waals surface area contributed by atoms with E-state index in [9.17, 15) is 4.39 Å². The highest BCUT2D eigenvalue weighted by Crippen LogP contribution is 2.28. The number of hydrogen-bond donors (Lipinski definition) is 1. The average molecular weight is 272 g/mol. The standard InChI is InChI=1S/C17H21FN2/c1-4-19-13(2)14-10-11-17(16(18)12-14)20(3)15-8-6-5-7-9-15/h5-13,19H,4H2,1-3H3. The first-order chi connectivity index (χ1) is 9.63. The predicted octanol–water partition coefficient (Wildman–Crippen LogP) is 4.26. The van der Waals surface area contributed by atoms with Crippen molar-refractivity contribution >= 4 is 11.4 Å². The SMILES string of the molecule is CCNC(C)c1ccc(N(C)c2ccccc2)c(F)c1. The average Bonchev–Trinajstić information content (AvgIpc) is 2.47. The van der Waals surface area contributed by atoms with Crippen molar-refractivity contribution in [1.29, 1.82) is 0 Å². The van der Waals surface area contributed by atoms with E-state index in [-0.39, 0.29) is 11.9 Å². The smallest absolute Gasteiger partial charge is 0.147 e. The number of benzene rings is 2. The van der Waals surface area contributed by atoms with Crippen molar-refractivity contribution in [3.8, 4) is 0 Å². The molecule has 0 fully saturated rings. The molecule has 0 heterocycles. The van der Waals surface area contributed by atoms with Crippen molar-refractivity contribution in [2.45, 2.75) is 19.9 Å². The highest BCUT2D eigenvalue weighted by atomic mass is 19.1. The zero-order chi connectivity index (χ0) is 14.5. The van der Waals surface area contributed by atoms with E-state index < -0.39 is 0 Å². The van der Waals surface area contributed by atoms with Crippen LogP contribution in [0.4, 0.5) is 15.8 Å². The highest BCUT2D eigenvalue weighted by Gasteiger charge is 2.12. The molecule has 0 saturated heterocycles. The van der Waals surface area contributed by atoms with E-state index in [0.29, 0.717) is 5.69 Å². The van der Waals surface area contributed by atoms with Gasteiger partial charge in [0.1, 0.15) is 5.82 Å². The molecule has 20 heavy (non-hydrogen) atoms. The molecule has 1 N–H and O–H groups in total. The van der Waals surface area contributed by atoms with Gasteiger partial charge in [-0.3, -0.25) is 0 Å². The van der Waals surface area contributed by atoms with Crippen molar-refractivity contribution in [2.75, 3.05) is 18.5 Å². The maximum absolute atomic E-state index is 14.3. The third-order valence-corrected chi connectivity index (χ3v) is 3.49. The first-order valence-corrected chi connectivity index (χ1v) is 6.95. The largest absolute Gasteiger partial charge is 0.342 e. The minimum absolute atomic E-state index is 0.158. The lowest BCUT2D eigenvalue weighted by Gasteiger charge is -2.21. The molecule has 0 saturated carbocycles. The molecule has 2 rings (SSSR count). The van der Waals surface area contributed by atoms with Crippen molar-refractivity contribution in [3.05, 3.63) is 59.9 Å². The number of anilines is 2. The van der Waals surface area contributed by atoms with E-state index in [1.54, 1.807) is 6.07 Å². The number of halogens is 1. The van der Waals surface area contributed by atoms with Gasteiger partial charge in [0, 0.05) is 18.8 Å². The summed E-state index contributed by atoms with van der Waals surface area (Å²) in [6.45, 7) is 4.96. The predicted molar refractivity (Wildman–Crippen MR) is 83.0 cm³/mol. The van der Waals surface area contributed by atoms with Crippen molar-refractivity contribution < 1.29 is 4.39 Å². The monoisotopic (exact) mass is 272 g/mol. The van der Waals surface area contributed by atoms with Crippen LogP contribution in [0.2, 0.25) is 0 Å². The number of rotatable bonds is 5. The molecule has 1 unspecified atom stereocenters. The Morgan fingerprint density at radius 2 is 1.85 bits per heavy atom. The van der Waals surface area contributed by atoms with Gasteiger partial charge in [-0.15, -0.1) is 0 Å². The Labute approximate surface area is 120 Å². The molecular formula is C17H21FN2. The van der Waals surface area contributed by atoms with Gasteiger partial charge in [0.25, 0.3) is 0 Å². The highest BCUT2D eigenvalue weighted by molar-refractivity contribution is 5.63. The Balaban J connectivity index is 2.26. The van der Waals surface area contributed by atoms with Crippen molar-refractivity contribution in [3.63, 3.8) is 0 Å². The van der Waals surface area contributed by atoms with E-state index in [1.165, 1.54) is 0 Å². The molecule has 0 amide bonds. The fraction of sp³-hybridized carbons (Fsp3) is 0.294. The molecule has 0 aliphatic carbocycles.